The van der Waals surface area contributed by atoms with Gasteiger partial charge in [0.15, 0.2) is 0 Å². The Balaban J connectivity index is 1.72. The normalized spacial score (nSPS) is 41.3. The van der Waals surface area contributed by atoms with Crippen LogP contribution in [0.5, 0.6) is 0 Å². The molecule has 0 unspecified atom stereocenters. The standard InChI is InChI=1S/C15H24N2O3/c1-10-5-8-17-12(9-10)13(18)16-15(17)6-3-11(4-7-15)14(19)20-2/h10-12H,3-9H2,1-2H3,(H,16,18)/t10-,11?,12+,15?/m0/s1. The van der Waals surface area contributed by atoms with Gasteiger partial charge in [-0.2, -0.15) is 0 Å². The van der Waals surface area contributed by atoms with Gasteiger partial charge in [-0.25, -0.2) is 0 Å². The van der Waals surface area contributed by atoms with E-state index in [0.29, 0.717) is 5.92 Å². The van der Waals surface area contributed by atoms with Crippen molar-refractivity contribution in [3.05, 3.63) is 0 Å². The molecular formula is C15H24N2O3. The highest BCUT2D eigenvalue weighted by molar-refractivity contribution is 5.85. The van der Waals surface area contributed by atoms with Gasteiger partial charge in [0.2, 0.25) is 5.91 Å². The monoisotopic (exact) mass is 280 g/mol. The summed E-state index contributed by atoms with van der Waals surface area (Å²) in [5, 5.41) is 3.24. The molecule has 2 aliphatic heterocycles. The number of amides is 1. The highest BCUT2D eigenvalue weighted by Gasteiger charge is 2.53. The SMILES string of the molecule is COC(=O)C1CCC2(CC1)NC(=O)[C@H]1C[C@@H](C)CCN12. The Morgan fingerprint density at radius 1 is 1.35 bits per heavy atom. The van der Waals surface area contributed by atoms with E-state index in [1.165, 1.54) is 7.11 Å². The van der Waals surface area contributed by atoms with Crippen molar-refractivity contribution >= 4 is 11.9 Å². The summed E-state index contributed by atoms with van der Waals surface area (Å²) >= 11 is 0. The zero-order valence-corrected chi connectivity index (χ0v) is 12.4. The van der Waals surface area contributed by atoms with Crippen LogP contribution in [0.15, 0.2) is 0 Å². The summed E-state index contributed by atoms with van der Waals surface area (Å²) in [5.41, 5.74) is -0.188. The molecule has 5 nitrogen and oxygen atoms in total. The number of piperidine rings is 1. The molecule has 1 aliphatic carbocycles. The van der Waals surface area contributed by atoms with Gasteiger partial charge in [0.1, 0.15) is 0 Å². The second kappa shape index (κ2) is 5.02. The molecule has 0 bridgehead atoms. The fourth-order valence-corrected chi connectivity index (χ4v) is 4.20. The van der Waals surface area contributed by atoms with Crippen molar-refractivity contribution in [1.29, 1.82) is 0 Å². The zero-order valence-electron chi connectivity index (χ0n) is 12.4. The number of hydrogen-bond acceptors (Lipinski definition) is 4. The maximum Gasteiger partial charge on any atom is 0.308 e. The molecule has 1 spiro atoms. The summed E-state index contributed by atoms with van der Waals surface area (Å²) in [6.45, 7) is 3.22. The third-order valence-electron chi connectivity index (χ3n) is 5.42. The Morgan fingerprint density at radius 2 is 2.05 bits per heavy atom. The maximum atomic E-state index is 12.3. The van der Waals surface area contributed by atoms with Crippen molar-refractivity contribution in [2.24, 2.45) is 11.8 Å². The first-order valence-corrected chi connectivity index (χ1v) is 7.72. The van der Waals surface area contributed by atoms with Crippen LogP contribution in [-0.4, -0.2) is 42.1 Å². The van der Waals surface area contributed by atoms with Crippen LogP contribution >= 0.6 is 0 Å². The Kier molecular flexibility index (Phi) is 3.48. The lowest BCUT2D eigenvalue weighted by Gasteiger charge is -2.46. The molecule has 3 aliphatic rings. The highest BCUT2D eigenvalue weighted by Crippen LogP contribution is 2.42. The van der Waals surface area contributed by atoms with Crippen molar-refractivity contribution < 1.29 is 14.3 Å². The zero-order chi connectivity index (χ0) is 14.3. The molecule has 0 radical (unpaired) electrons. The van der Waals surface area contributed by atoms with Gasteiger partial charge in [-0.05, 0) is 44.4 Å². The number of nitrogens with one attached hydrogen (secondary N) is 1. The van der Waals surface area contributed by atoms with Gasteiger partial charge in [0.25, 0.3) is 0 Å². The summed E-state index contributed by atoms with van der Waals surface area (Å²) < 4.78 is 4.84. The molecule has 2 heterocycles. The second-order valence-corrected chi connectivity index (χ2v) is 6.66. The number of nitrogens with zero attached hydrogens (tertiary/aromatic N) is 1. The molecule has 2 saturated heterocycles. The van der Waals surface area contributed by atoms with Gasteiger partial charge >= 0.3 is 5.97 Å². The van der Waals surface area contributed by atoms with E-state index in [-0.39, 0.29) is 29.5 Å². The van der Waals surface area contributed by atoms with Crippen molar-refractivity contribution in [1.82, 2.24) is 10.2 Å². The smallest absolute Gasteiger partial charge is 0.308 e. The molecule has 3 rings (SSSR count). The number of hydrogen-bond donors (Lipinski definition) is 1. The minimum atomic E-state index is -0.188. The van der Waals surface area contributed by atoms with E-state index >= 15 is 0 Å². The second-order valence-electron chi connectivity index (χ2n) is 6.66. The van der Waals surface area contributed by atoms with E-state index in [4.69, 9.17) is 4.74 Å². The lowest BCUT2D eigenvalue weighted by atomic mass is 9.80. The molecule has 0 aromatic heterocycles. The molecule has 1 N–H and O–H groups in total. The predicted octanol–water partition coefficient (Wildman–Crippen LogP) is 1.28. The first-order valence-electron chi connectivity index (χ1n) is 7.72. The van der Waals surface area contributed by atoms with E-state index in [1.54, 1.807) is 0 Å². The average Bonchev–Trinajstić information content (AvgIpc) is 2.71. The van der Waals surface area contributed by atoms with Crippen molar-refractivity contribution in [2.45, 2.75) is 57.2 Å². The van der Waals surface area contributed by atoms with Crippen LogP contribution in [-0.2, 0) is 14.3 Å². The third-order valence-corrected chi connectivity index (χ3v) is 5.42. The van der Waals surface area contributed by atoms with Gasteiger partial charge in [0.05, 0.1) is 24.7 Å². The molecule has 112 valence electrons. The van der Waals surface area contributed by atoms with Crippen LogP contribution in [0.1, 0.15) is 45.4 Å². The lowest BCUT2D eigenvalue weighted by Crippen LogP contribution is -2.57. The van der Waals surface area contributed by atoms with Crippen LogP contribution < -0.4 is 5.32 Å². The summed E-state index contributed by atoms with van der Waals surface area (Å²) in [6.07, 6.45) is 5.48. The van der Waals surface area contributed by atoms with Gasteiger partial charge < -0.3 is 10.1 Å². The van der Waals surface area contributed by atoms with E-state index in [9.17, 15) is 9.59 Å². The molecule has 2 atom stereocenters. The molecule has 20 heavy (non-hydrogen) atoms. The number of ether oxygens (including phenoxy) is 1. The summed E-state index contributed by atoms with van der Waals surface area (Å²) in [4.78, 5) is 26.3. The topological polar surface area (TPSA) is 58.6 Å². The fourth-order valence-electron chi connectivity index (χ4n) is 4.20. The minimum Gasteiger partial charge on any atom is -0.469 e. The largest absolute Gasteiger partial charge is 0.469 e. The Labute approximate surface area is 120 Å². The molecule has 1 saturated carbocycles. The van der Waals surface area contributed by atoms with Gasteiger partial charge in [0, 0.05) is 6.54 Å². The lowest BCUT2D eigenvalue weighted by molar-refractivity contribution is -0.147. The van der Waals surface area contributed by atoms with Gasteiger partial charge in [-0.3, -0.25) is 14.5 Å². The first kappa shape index (κ1) is 13.9. The van der Waals surface area contributed by atoms with Crippen LogP contribution in [0.2, 0.25) is 0 Å². The minimum absolute atomic E-state index is 0.00490. The fraction of sp³-hybridized carbons (Fsp3) is 0.867. The van der Waals surface area contributed by atoms with Crippen LogP contribution in [0.25, 0.3) is 0 Å². The number of methoxy groups -OCH3 is 1. The van der Waals surface area contributed by atoms with E-state index < -0.39 is 0 Å². The van der Waals surface area contributed by atoms with Gasteiger partial charge in [-0.15, -0.1) is 0 Å². The number of esters is 1. The molecule has 3 fully saturated rings. The maximum absolute atomic E-state index is 12.3. The first-order chi connectivity index (χ1) is 9.55. The van der Waals surface area contributed by atoms with E-state index in [2.05, 4.69) is 17.1 Å². The third kappa shape index (κ3) is 2.12. The molecular weight excluding hydrogens is 256 g/mol. The number of carbonyl (C=O) groups is 2. The summed E-state index contributed by atoms with van der Waals surface area (Å²) in [7, 11) is 1.45. The summed E-state index contributed by atoms with van der Waals surface area (Å²) in [6, 6.07) is 0.0495. The quantitative estimate of drug-likeness (QED) is 0.735. The Hall–Kier alpha value is -1.10. The van der Waals surface area contributed by atoms with Crippen LogP contribution in [0.3, 0.4) is 0 Å². The number of carbonyl (C=O) groups excluding carboxylic acids is 2. The molecule has 1 amide bonds. The average molecular weight is 280 g/mol. The van der Waals surface area contributed by atoms with E-state index in [1.807, 2.05) is 0 Å². The predicted molar refractivity (Wildman–Crippen MR) is 73.7 cm³/mol. The van der Waals surface area contributed by atoms with Crippen LogP contribution in [0, 0.1) is 11.8 Å². The van der Waals surface area contributed by atoms with Crippen molar-refractivity contribution in [2.75, 3.05) is 13.7 Å². The Morgan fingerprint density at radius 3 is 2.70 bits per heavy atom. The van der Waals surface area contributed by atoms with E-state index in [0.717, 1.165) is 45.1 Å². The molecule has 0 aromatic rings. The molecule has 0 aromatic carbocycles. The van der Waals surface area contributed by atoms with Crippen LogP contribution in [0.4, 0.5) is 0 Å². The summed E-state index contributed by atoms with van der Waals surface area (Å²) in [5.74, 6) is 0.718. The van der Waals surface area contributed by atoms with Gasteiger partial charge in [-0.1, -0.05) is 6.92 Å². The number of fused-ring (bicyclic) bond motifs is 2. The molecule has 5 heteroatoms. The van der Waals surface area contributed by atoms with Crippen molar-refractivity contribution in [3.63, 3.8) is 0 Å². The van der Waals surface area contributed by atoms with Crippen molar-refractivity contribution in [3.8, 4) is 0 Å². The number of rotatable bonds is 1. The highest BCUT2D eigenvalue weighted by atomic mass is 16.5. The Bertz CT molecular complexity index is 415.